The molecule has 0 fully saturated rings. The molecule has 1 heterocycles. The number of hydrogen-bond acceptors (Lipinski definition) is 2. The van der Waals surface area contributed by atoms with Crippen molar-refractivity contribution in [3.05, 3.63) is 93.5 Å². The lowest BCUT2D eigenvalue weighted by molar-refractivity contribution is 0.0987. The zero-order valence-electron chi connectivity index (χ0n) is 15.9. The van der Waals surface area contributed by atoms with Crippen molar-refractivity contribution in [2.45, 2.75) is 25.9 Å². The molecule has 0 N–H and O–H groups in total. The minimum atomic E-state index is -0.0993. The van der Waals surface area contributed by atoms with Gasteiger partial charge < -0.3 is 9.64 Å². The van der Waals surface area contributed by atoms with Crippen LogP contribution in [0.1, 0.15) is 34.3 Å². The van der Waals surface area contributed by atoms with Gasteiger partial charge in [-0.05, 0) is 48.6 Å². The molecule has 0 bridgehead atoms. The highest BCUT2D eigenvalue weighted by Crippen LogP contribution is 2.36. The highest BCUT2D eigenvalue weighted by molar-refractivity contribution is 6.37. The van der Waals surface area contributed by atoms with Crippen molar-refractivity contribution < 1.29 is 9.53 Å². The number of fused-ring (bicyclic) bond motifs is 1. The Kier molecular flexibility index (Phi) is 6.08. The fraction of sp³-hybridized carbons (Fsp3) is 0.208. The molecule has 5 heteroatoms. The second-order valence-electron chi connectivity index (χ2n) is 7.09. The van der Waals surface area contributed by atoms with Crippen LogP contribution in [0.5, 0.6) is 5.75 Å². The second kappa shape index (κ2) is 8.89. The highest BCUT2D eigenvalue weighted by atomic mass is 35.5. The molecule has 0 unspecified atom stereocenters. The van der Waals surface area contributed by atoms with Crippen LogP contribution >= 0.6 is 23.2 Å². The van der Waals surface area contributed by atoms with Crippen LogP contribution in [0.15, 0.2) is 66.7 Å². The number of hydrogen-bond donors (Lipinski definition) is 0. The van der Waals surface area contributed by atoms with Crippen molar-refractivity contribution in [3.63, 3.8) is 0 Å². The number of ether oxygens (including phenoxy) is 1. The Morgan fingerprint density at radius 1 is 0.931 bits per heavy atom. The molecule has 0 aliphatic carbocycles. The maximum atomic E-state index is 13.3. The highest BCUT2D eigenvalue weighted by Gasteiger charge is 2.24. The van der Waals surface area contributed by atoms with Crippen molar-refractivity contribution in [2.75, 3.05) is 11.4 Å². The quantitative estimate of drug-likeness (QED) is 0.473. The van der Waals surface area contributed by atoms with Crippen LogP contribution in [-0.2, 0) is 13.0 Å². The lowest BCUT2D eigenvalue weighted by atomic mass is 10.1. The molecular formula is C24H21Cl2NO2. The molecule has 1 aliphatic heterocycles. The molecule has 0 saturated carbocycles. The lowest BCUT2D eigenvalue weighted by Gasteiger charge is -2.23. The summed E-state index contributed by atoms with van der Waals surface area (Å²) in [6, 6.07) is 21.1. The molecule has 3 aromatic carbocycles. The van der Waals surface area contributed by atoms with Crippen LogP contribution in [-0.4, -0.2) is 12.5 Å². The van der Waals surface area contributed by atoms with Gasteiger partial charge in [0.15, 0.2) is 5.75 Å². The summed E-state index contributed by atoms with van der Waals surface area (Å²) in [5.74, 6) is 0.294. The molecular weight excluding hydrogens is 405 g/mol. The number of carbonyl (C=O) groups is 1. The first-order valence-electron chi connectivity index (χ1n) is 9.69. The van der Waals surface area contributed by atoms with Gasteiger partial charge in [0.25, 0.3) is 5.91 Å². The molecule has 0 saturated heterocycles. The summed E-state index contributed by atoms with van der Waals surface area (Å²) >= 11 is 12.9. The molecule has 29 heavy (non-hydrogen) atoms. The maximum absolute atomic E-state index is 13.3. The van der Waals surface area contributed by atoms with E-state index in [0.29, 0.717) is 34.5 Å². The Morgan fingerprint density at radius 3 is 2.38 bits per heavy atom. The van der Waals surface area contributed by atoms with E-state index in [-0.39, 0.29) is 5.91 Å². The van der Waals surface area contributed by atoms with Crippen LogP contribution in [0.4, 0.5) is 5.69 Å². The largest absolute Gasteiger partial charge is 0.486 e. The average molecular weight is 426 g/mol. The monoisotopic (exact) mass is 425 g/mol. The number of para-hydroxylation sites is 1. The smallest absolute Gasteiger partial charge is 0.258 e. The van der Waals surface area contributed by atoms with Crippen molar-refractivity contribution in [1.82, 2.24) is 0 Å². The van der Waals surface area contributed by atoms with Gasteiger partial charge in [-0.3, -0.25) is 4.79 Å². The molecule has 0 atom stereocenters. The number of aryl methyl sites for hydroxylation is 1. The van der Waals surface area contributed by atoms with Gasteiger partial charge in [-0.1, -0.05) is 71.7 Å². The first kappa shape index (κ1) is 19.8. The van der Waals surface area contributed by atoms with Crippen LogP contribution in [0.2, 0.25) is 10.0 Å². The Hall–Kier alpha value is -2.49. The number of carbonyl (C=O) groups excluding carboxylic acids is 1. The van der Waals surface area contributed by atoms with E-state index < -0.39 is 0 Å². The molecule has 3 nitrogen and oxygen atoms in total. The van der Waals surface area contributed by atoms with E-state index in [2.05, 4.69) is 6.07 Å². The van der Waals surface area contributed by atoms with Gasteiger partial charge in [-0.25, -0.2) is 0 Å². The minimum absolute atomic E-state index is 0.0993. The molecule has 1 aliphatic rings. The number of halogens is 2. The predicted octanol–water partition coefficient (Wildman–Crippen LogP) is 6.56. The van der Waals surface area contributed by atoms with E-state index in [0.717, 1.165) is 30.5 Å². The number of anilines is 1. The van der Waals surface area contributed by atoms with Gasteiger partial charge in [0.1, 0.15) is 6.61 Å². The summed E-state index contributed by atoms with van der Waals surface area (Å²) in [6.45, 7) is 1.03. The van der Waals surface area contributed by atoms with Crippen molar-refractivity contribution in [2.24, 2.45) is 0 Å². The van der Waals surface area contributed by atoms with Gasteiger partial charge in [-0.15, -0.1) is 0 Å². The van der Waals surface area contributed by atoms with E-state index in [1.165, 1.54) is 5.56 Å². The molecule has 148 valence electrons. The number of rotatable bonds is 4. The Bertz CT molecular complexity index is 997. The molecule has 1 amide bonds. The summed E-state index contributed by atoms with van der Waals surface area (Å²) in [5, 5.41) is 0.666. The zero-order chi connectivity index (χ0) is 20.2. The van der Waals surface area contributed by atoms with Gasteiger partial charge in [0.2, 0.25) is 0 Å². The average Bonchev–Trinajstić information content (AvgIpc) is 2.96. The fourth-order valence-electron chi connectivity index (χ4n) is 3.61. The van der Waals surface area contributed by atoms with Crippen LogP contribution in [0.3, 0.4) is 0 Å². The van der Waals surface area contributed by atoms with Gasteiger partial charge >= 0.3 is 0 Å². The lowest BCUT2D eigenvalue weighted by Crippen LogP contribution is -2.31. The van der Waals surface area contributed by atoms with Crippen LogP contribution in [0.25, 0.3) is 0 Å². The molecule has 3 aromatic rings. The summed E-state index contributed by atoms with van der Waals surface area (Å²) in [5.41, 5.74) is 3.63. The molecule has 0 spiro atoms. The second-order valence-corrected chi connectivity index (χ2v) is 7.90. The number of nitrogens with zero attached hydrogens (tertiary/aromatic N) is 1. The minimum Gasteiger partial charge on any atom is -0.486 e. The summed E-state index contributed by atoms with van der Waals surface area (Å²) < 4.78 is 5.82. The van der Waals surface area contributed by atoms with Crippen LogP contribution in [0, 0.1) is 0 Å². The van der Waals surface area contributed by atoms with Gasteiger partial charge in [0.05, 0.1) is 10.0 Å². The maximum Gasteiger partial charge on any atom is 0.258 e. The Labute approximate surface area is 180 Å². The van der Waals surface area contributed by atoms with Crippen molar-refractivity contribution >= 4 is 34.8 Å². The third kappa shape index (κ3) is 4.42. The molecule has 4 rings (SSSR count). The molecule has 0 aromatic heterocycles. The predicted molar refractivity (Wildman–Crippen MR) is 118 cm³/mol. The Balaban J connectivity index is 1.58. The fourth-order valence-corrected chi connectivity index (χ4v) is 4.21. The van der Waals surface area contributed by atoms with Gasteiger partial charge in [-0.2, -0.15) is 0 Å². The number of benzene rings is 3. The Morgan fingerprint density at radius 2 is 1.62 bits per heavy atom. The molecule has 0 radical (unpaired) electrons. The topological polar surface area (TPSA) is 29.5 Å². The summed E-state index contributed by atoms with van der Waals surface area (Å²) in [4.78, 5) is 15.1. The van der Waals surface area contributed by atoms with E-state index in [1.807, 2.05) is 53.4 Å². The first-order valence-corrected chi connectivity index (χ1v) is 10.4. The zero-order valence-corrected chi connectivity index (χ0v) is 17.4. The summed E-state index contributed by atoms with van der Waals surface area (Å²) in [6.07, 6.45) is 3.00. The standard InChI is InChI=1S/C24H21Cl2NO2/c25-20-14-19(15-21(26)23(20)29-16-17-8-2-1-3-9-17)24(28)27-13-7-6-11-18-10-4-5-12-22(18)27/h1-5,8-10,12,14-15H,6-7,11,13,16H2. The van der Waals surface area contributed by atoms with Crippen molar-refractivity contribution in [1.29, 1.82) is 0 Å². The first-order chi connectivity index (χ1) is 14.1. The normalized spacial score (nSPS) is 13.5. The van der Waals surface area contributed by atoms with E-state index in [9.17, 15) is 4.79 Å². The SMILES string of the molecule is O=C(c1cc(Cl)c(OCc2ccccc2)c(Cl)c1)N1CCCCc2ccccc21. The summed E-state index contributed by atoms with van der Waals surface area (Å²) in [7, 11) is 0. The van der Waals surface area contributed by atoms with Gasteiger partial charge in [0, 0.05) is 17.8 Å². The van der Waals surface area contributed by atoms with E-state index in [4.69, 9.17) is 27.9 Å². The third-order valence-corrected chi connectivity index (χ3v) is 5.64. The van der Waals surface area contributed by atoms with Crippen LogP contribution < -0.4 is 9.64 Å². The third-order valence-electron chi connectivity index (χ3n) is 5.08. The van der Waals surface area contributed by atoms with Crippen molar-refractivity contribution in [3.8, 4) is 5.75 Å². The number of amides is 1. The van der Waals surface area contributed by atoms with E-state index >= 15 is 0 Å². The van der Waals surface area contributed by atoms with E-state index in [1.54, 1.807) is 12.1 Å².